The van der Waals surface area contributed by atoms with Gasteiger partial charge < -0.3 is 14.0 Å². The van der Waals surface area contributed by atoms with Gasteiger partial charge in [0.05, 0.1) is 26.9 Å². The largest absolute Gasteiger partial charge is 0.372 e. The van der Waals surface area contributed by atoms with Crippen LogP contribution in [0.5, 0.6) is 0 Å². The van der Waals surface area contributed by atoms with Gasteiger partial charge in [0, 0.05) is 14.2 Å². The standard InChI is InChI=1S/C11H20NO3/c1-12(2)8-5-7(13)6-9(12)11(15-4)10(8)14-3/h8-11H,5-6H2,1-4H3/q+1. The third-order valence-electron chi connectivity index (χ3n) is 4.21. The van der Waals surface area contributed by atoms with Crippen molar-refractivity contribution in [3.8, 4) is 0 Å². The van der Waals surface area contributed by atoms with E-state index in [-0.39, 0.29) is 24.3 Å². The highest BCUT2D eigenvalue weighted by Crippen LogP contribution is 2.40. The molecule has 0 radical (unpaired) electrons. The molecule has 4 atom stereocenters. The average molecular weight is 214 g/mol. The van der Waals surface area contributed by atoms with Crippen molar-refractivity contribution in [2.45, 2.75) is 37.1 Å². The summed E-state index contributed by atoms with van der Waals surface area (Å²) in [5.74, 6) is 0.351. The number of carbonyl (C=O) groups is 1. The lowest BCUT2D eigenvalue weighted by molar-refractivity contribution is -0.929. The second kappa shape index (κ2) is 3.54. The van der Waals surface area contributed by atoms with Crippen LogP contribution in [0.1, 0.15) is 12.8 Å². The minimum atomic E-state index is 0.0569. The average Bonchev–Trinajstić information content (AvgIpc) is 2.33. The highest BCUT2D eigenvalue weighted by Gasteiger charge is 2.61. The number of nitrogens with zero attached hydrogens (tertiary/aromatic N) is 1. The van der Waals surface area contributed by atoms with Crippen molar-refractivity contribution in [1.82, 2.24) is 0 Å². The molecule has 2 saturated heterocycles. The van der Waals surface area contributed by atoms with Gasteiger partial charge in [0.2, 0.25) is 0 Å². The van der Waals surface area contributed by atoms with Gasteiger partial charge in [0.25, 0.3) is 0 Å². The molecule has 2 aliphatic heterocycles. The topological polar surface area (TPSA) is 35.5 Å². The molecule has 2 aliphatic rings. The smallest absolute Gasteiger partial charge is 0.144 e. The number of ketones is 1. The Balaban J connectivity index is 2.35. The Morgan fingerprint density at radius 2 is 1.47 bits per heavy atom. The van der Waals surface area contributed by atoms with Gasteiger partial charge in [-0.05, 0) is 0 Å². The Morgan fingerprint density at radius 1 is 1.07 bits per heavy atom. The first-order chi connectivity index (χ1) is 7.02. The summed E-state index contributed by atoms with van der Waals surface area (Å²) < 4.78 is 11.9. The third kappa shape index (κ3) is 1.43. The van der Waals surface area contributed by atoms with Crippen LogP contribution >= 0.6 is 0 Å². The summed E-state index contributed by atoms with van der Waals surface area (Å²) in [7, 11) is 7.77. The van der Waals surface area contributed by atoms with Crippen LogP contribution in [0.25, 0.3) is 0 Å². The van der Waals surface area contributed by atoms with Crippen LogP contribution in [0.15, 0.2) is 0 Å². The van der Waals surface area contributed by atoms with E-state index in [4.69, 9.17) is 9.47 Å². The summed E-state index contributed by atoms with van der Waals surface area (Å²) in [5, 5.41) is 0. The molecular weight excluding hydrogens is 194 g/mol. The summed E-state index contributed by atoms with van der Waals surface area (Å²) >= 11 is 0. The minimum absolute atomic E-state index is 0.0569. The summed E-state index contributed by atoms with van der Waals surface area (Å²) in [4.78, 5) is 11.6. The molecule has 0 aliphatic carbocycles. The molecule has 2 rings (SSSR count). The predicted octanol–water partition coefficient (Wildman–Crippen LogP) is 0.206. The number of rotatable bonds is 2. The van der Waals surface area contributed by atoms with E-state index in [1.165, 1.54) is 0 Å². The molecule has 86 valence electrons. The molecule has 2 heterocycles. The Bertz CT molecular complexity index is 253. The van der Waals surface area contributed by atoms with Crippen molar-refractivity contribution in [2.24, 2.45) is 0 Å². The number of ether oxygens (including phenoxy) is 2. The molecule has 0 aromatic rings. The SMILES string of the molecule is COC1C(OC)C2CC(=O)CC1[N+]2(C)C. The fourth-order valence-electron chi connectivity index (χ4n) is 3.28. The fraction of sp³-hybridized carbons (Fsp3) is 0.909. The summed E-state index contributed by atoms with van der Waals surface area (Å²) in [6.45, 7) is 0. The van der Waals surface area contributed by atoms with Crippen molar-refractivity contribution in [2.75, 3.05) is 28.3 Å². The van der Waals surface area contributed by atoms with Crippen LogP contribution in [0.4, 0.5) is 0 Å². The lowest BCUT2D eigenvalue weighted by atomic mass is 9.99. The number of hydrogen-bond acceptors (Lipinski definition) is 3. The number of carbonyl (C=O) groups excluding carboxylic acids is 1. The van der Waals surface area contributed by atoms with E-state index >= 15 is 0 Å². The summed E-state index contributed by atoms with van der Waals surface area (Å²) in [6.07, 6.45) is 1.37. The Morgan fingerprint density at radius 3 is 1.80 bits per heavy atom. The van der Waals surface area contributed by atoms with Gasteiger partial charge in [-0.3, -0.25) is 4.79 Å². The molecule has 0 aromatic carbocycles. The monoisotopic (exact) mass is 214 g/mol. The van der Waals surface area contributed by atoms with Crippen molar-refractivity contribution in [3.05, 3.63) is 0 Å². The zero-order valence-corrected chi connectivity index (χ0v) is 9.90. The van der Waals surface area contributed by atoms with E-state index in [1.807, 2.05) is 0 Å². The molecule has 4 unspecified atom stereocenters. The van der Waals surface area contributed by atoms with E-state index in [0.717, 1.165) is 4.48 Å². The van der Waals surface area contributed by atoms with Crippen LogP contribution < -0.4 is 0 Å². The Kier molecular flexibility index (Phi) is 2.61. The van der Waals surface area contributed by atoms with Crippen LogP contribution in [-0.4, -0.2) is 62.9 Å². The molecule has 4 nitrogen and oxygen atoms in total. The molecule has 15 heavy (non-hydrogen) atoms. The third-order valence-corrected chi connectivity index (χ3v) is 4.21. The van der Waals surface area contributed by atoms with E-state index in [9.17, 15) is 4.79 Å². The van der Waals surface area contributed by atoms with E-state index in [0.29, 0.717) is 18.6 Å². The number of fused-ring (bicyclic) bond motifs is 2. The van der Waals surface area contributed by atoms with Crippen molar-refractivity contribution in [3.63, 3.8) is 0 Å². The Hall–Kier alpha value is -0.450. The molecule has 2 fully saturated rings. The maximum atomic E-state index is 11.6. The second-order valence-corrected chi connectivity index (χ2v) is 5.11. The lowest BCUT2D eigenvalue weighted by Gasteiger charge is -2.40. The number of likely N-dealkylation sites (N-methyl/N-ethyl adjacent to an activating group) is 1. The normalized spacial score (nSPS) is 43.3. The molecule has 2 bridgehead atoms. The fourth-order valence-corrected chi connectivity index (χ4v) is 3.28. The molecule has 4 heteroatoms. The molecule has 0 N–H and O–H groups in total. The van der Waals surface area contributed by atoms with Crippen molar-refractivity contribution in [1.29, 1.82) is 0 Å². The number of methoxy groups -OCH3 is 2. The van der Waals surface area contributed by atoms with Crippen molar-refractivity contribution >= 4 is 5.78 Å². The Labute approximate surface area is 90.7 Å². The maximum Gasteiger partial charge on any atom is 0.144 e. The highest BCUT2D eigenvalue weighted by molar-refractivity contribution is 5.80. The zero-order chi connectivity index (χ0) is 11.2. The van der Waals surface area contributed by atoms with Gasteiger partial charge >= 0.3 is 0 Å². The lowest BCUT2D eigenvalue weighted by Crippen LogP contribution is -2.57. The maximum absolute atomic E-state index is 11.6. The quantitative estimate of drug-likeness (QED) is 0.616. The van der Waals surface area contributed by atoms with Gasteiger partial charge in [-0.1, -0.05) is 0 Å². The molecule has 0 spiro atoms. The van der Waals surface area contributed by atoms with E-state index in [1.54, 1.807) is 14.2 Å². The van der Waals surface area contributed by atoms with Gasteiger partial charge in [0.15, 0.2) is 0 Å². The zero-order valence-electron chi connectivity index (χ0n) is 9.90. The minimum Gasteiger partial charge on any atom is -0.372 e. The van der Waals surface area contributed by atoms with Crippen molar-refractivity contribution < 1.29 is 18.8 Å². The number of hydrogen-bond donors (Lipinski definition) is 0. The van der Waals surface area contributed by atoms with Gasteiger partial charge in [-0.25, -0.2) is 0 Å². The van der Waals surface area contributed by atoms with Crippen LogP contribution in [0, 0.1) is 0 Å². The first-order valence-corrected chi connectivity index (χ1v) is 5.43. The molecule has 0 saturated carbocycles. The van der Waals surface area contributed by atoms with E-state index in [2.05, 4.69) is 14.1 Å². The summed E-state index contributed by atoms with van der Waals surface area (Å²) in [5.41, 5.74) is 0. The van der Waals surface area contributed by atoms with Gasteiger partial charge in [-0.15, -0.1) is 0 Å². The van der Waals surface area contributed by atoms with E-state index < -0.39 is 0 Å². The number of quaternary nitrogens is 1. The number of Topliss-reactive ketones (excluding diaryl/α,β-unsaturated/α-hetero) is 1. The molecule has 0 amide bonds. The van der Waals surface area contributed by atoms with Gasteiger partial charge in [-0.2, -0.15) is 0 Å². The number of piperidine rings is 1. The second-order valence-electron chi connectivity index (χ2n) is 5.11. The first kappa shape index (κ1) is 11.0. The van der Waals surface area contributed by atoms with Crippen LogP contribution in [0.2, 0.25) is 0 Å². The summed E-state index contributed by atoms with van der Waals surface area (Å²) in [6, 6.07) is 0.511. The molecular formula is C11H20NO3+. The van der Waals surface area contributed by atoms with Gasteiger partial charge in [0.1, 0.15) is 30.1 Å². The molecule has 0 aromatic heterocycles. The predicted molar refractivity (Wildman–Crippen MR) is 55.5 cm³/mol. The first-order valence-electron chi connectivity index (χ1n) is 5.43. The highest BCUT2D eigenvalue weighted by atomic mass is 16.5. The van der Waals surface area contributed by atoms with Crippen LogP contribution in [-0.2, 0) is 14.3 Å². The van der Waals surface area contributed by atoms with Crippen LogP contribution in [0.3, 0.4) is 0 Å².